The number of ether oxygens (including phenoxy) is 1. The zero-order chi connectivity index (χ0) is 16.5. The lowest BCUT2D eigenvalue weighted by molar-refractivity contribution is 0.340. The molecule has 0 spiro atoms. The Balaban J connectivity index is 1.75. The van der Waals surface area contributed by atoms with E-state index in [4.69, 9.17) is 4.74 Å². The predicted octanol–water partition coefficient (Wildman–Crippen LogP) is 4.16. The first-order valence-corrected chi connectivity index (χ1v) is 8.83. The number of fused-ring (bicyclic) bond motifs is 3. The molecule has 0 amide bonds. The molecule has 0 saturated heterocycles. The highest BCUT2D eigenvalue weighted by atomic mass is 16.5. The Morgan fingerprint density at radius 2 is 2.00 bits per heavy atom. The van der Waals surface area contributed by atoms with Gasteiger partial charge >= 0.3 is 0 Å². The van der Waals surface area contributed by atoms with Gasteiger partial charge in [-0.15, -0.1) is 0 Å². The first-order valence-electron chi connectivity index (χ1n) is 8.83. The first kappa shape index (κ1) is 15.3. The summed E-state index contributed by atoms with van der Waals surface area (Å²) in [5, 5.41) is 4.82. The molecule has 0 radical (unpaired) electrons. The summed E-state index contributed by atoms with van der Waals surface area (Å²) in [6, 6.07) is 15.6. The summed E-state index contributed by atoms with van der Waals surface area (Å²) in [6.07, 6.45) is 1.10. The van der Waals surface area contributed by atoms with Crippen molar-refractivity contribution in [3.05, 3.63) is 53.7 Å². The monoisotopic (exact) mass is 320 g/mol. The van der Waals surface area contributed by atoms with Gasteiger partial charge in [0.1, 0.15) is 5.75 Å². The summed E-state index contributed by atoms with van der Waals surface area (Å²) < 4.78 is 8.07. The highest BCUT2D eigenvalue weighted by molar-refractivity contribution is 5.87. The number of aromatic nitrogens is 1. The van der Waals surface area contributed by atoms with Crippen molar-refractivity contribution < 1.29 is 4.74 Å². The maximum absolute atomic E-state index is 5.61. The third-order valence-electron chi connectivity index (χ3n) is 4.88. The Morgan fingerprint density at radius 1 is 1.08 bits per heavy atom. The molecule has 0 fully saturated rings. The molecule has 1 aromatic heterocycles. The largest absolute Gasteiger partial charge is 0.494 e. The van der Waals surface area contributed by atoms with Crippen LogP contribution >= 0.6 is 0 Å². The fourth-order valence-electron chi connectivity index (χ4n) is 3.72. The minimum atomic E-state index is 0.704. The van der Waals surface area contributed by atoms with Gasteiger partial charge in [0, 0.05) is 42.7 Å². The molecule has 3 nitrogen and oxygen atoms in total. The Bertz CT molecular complexity index is 879. The molecule has 1 aliphatic heterocycles. The van der Waals surface area contributed by atoms with Crippen molar-refractivity contribution in [2.45, 2.75) is 26.8 Å². The van der Waals surface area contributed by atoms with Crippen molar-refractivity contribution >= 4 is 10.9 Å². The second kappa shape index (κ2) is 6.33. The van der Waals surface area contributed by atoms with Crippen molar-refractivity contribution in [1.82, 2.24) is 9.88 Å². The maximum Gasteiger partial charge on any atom is 0.119 e. The summed E-state index contributed by atoms with van der Waals surface area (Å²) in [4.78, 5) is 0. The van der Waals surface area contributed by atoms with Crippen LogP contribution in [-0.2, 0) is 13.0 Å². The van der Waals surface area contributed by atoms with Crippen LogP contribution in [0.15, 0.2) is 42.5 Å². The molecule has 3 aromatic rings. The van der Waals surface area contributed by atoms with E-state index < -0.39 is 0 Å². The van der Waals surface area contributed by atoms with Gasteiger partial charge in [-0.25, -0.2) is 0 Å². The van der Waals surface area contributed by atoms with Gasteiger partial charge < -0.3 is 14.6 Å². The third-order valence-corrected chi connectivity index (χ3v) is 4.88. The highest BCUT2D eigenvalue weighted by Gasteiger charge is 2.12. The van der Waals surface area contributed by atoms with E-state index in [2.05, 4.69) is 59.3 Å². The Kier molecular flexibility index (Phi) is 4.03. The van der Waals surface area contributed by atoms with Crippen LogP contribution in [0.25, 0.3) is 22.0 Å². The van der Waals surface area contributed by atoms with Crippen molar-refractivity contribution in [2.75, 3.05) is 19.7 Å². The third kappa shape index (κ3) is 2.69. The first-order chi connectivity index (χ1) is 11.8. The molecule has 1 aliphatic rings. The van der Waals surface area contributed by atoms with E-state index in [1.165, 1.54) is 33.3 Å². The van der Waals surface area contributed by atoms with Crippen LogP contribution in [0.1, 0.15) is 18.2 Å². The van der Waals surface area contributed by atoms with Gasteiger partial charge in [-0.2, -0.15) is 0 Å². The number of benzene rings is 2. The lowest BCUT2D eigenvalue weighted by Gasteiger charge is -2.10. The molecule has 124 valence electrons. The Morgan fingerprint density at radius 3 is 2.83 bits per heavy atom. The lowest BCUT2D eigenvalue weighted by Crippen LogP contribution is -2.17. The van der Waals surface area contributed by atoms with E-state index in [0.717, 1.165) is 31.8 Å². The van der Waals surface area contributed by atoms with E-state index in [0.29, 0.717) is 6.61 Å². The topological polar surface area (TPSA) is 26.2 Å². The second-order valence-corrected chi connectivity index (χ2v) is 6.47. The van der Waals surface area contributed by atoms with Crippen molar-refractivity contribution in [3.8, 4) is 16.9 Å². The smallest absolute Gasteiger partial charge is 0.119 e. The quantitative estimate of drug-likeness (QED) is 0.784. The lowest BCUT2D eigenvalue weighted by atomic mass is 9.99. The predicted molar refractivity (Wildman–Crippen MR) is 99.9 cm³/mol. The van der Waals surface area contributed by atoms with Gasteiger partial charge in [-0.05, 0) is 60.9 Å². The average Bonchev–Trinajstić information content (AvgIpc) is 2.75. The molecule has 0 aliphatic carbocycles. The Hall–Kier alpha value is -2.26. The van der Waals surface area contributed by atoms with E-state index >= 15 is 0 Å². The zero-order valence-corrected chi connectivity index (χ0v) is 14.4. The molecule has 4 rings (SSSR count). The van der Waals surface area contributed by atoms with Crippen LogP contribution in [-0.4, -0.2) is 24.3 Å². The number of hydrogen-bond acceptors (Lipinski definition) is 2. The average molecular weight is 320 g/mol. The number of hydrogen-bond donors (Lipinski definition) is 1. The molecule has 0 bridgehead atoms. The van der Waals surface area contributed by atoms with E-state index in [1.807, 2.05) is 6.92 Å². The van der Waals surface area contributed by atoms with Crippen molar-refractivity contribution in [1.29, 1.82) is 0 Å². The van der Waals surface area contributed by atoms with Gasteiger partial charge in [-0.3, -0.25) is 0 Å². The SMILES string of the molecule is CCOc1ccc(-c2ccc3c(c2)cc2n3CCNCC2)c(C)c1. The van der Waals surface area contributed by atoms with Gasteiger partial charge in [0.15, 0.2) is 0 Å². The van der Waals surface area contributed by atoms with Crippen molar-refractivity contribution in [2.24, 2.45) is 0 Å². The minimum Gasteiger partial charge on any atom is -0.494 e. The number of nitrogens with zero attached hydrogens (tertiary/aromatic N) is 1. The zero-order valence-electron chi connectivity index (χ0n) is 14.4. The van der Waals surface area contributed by atoms with Gasteiger partial charge in [-0.1, -0.05) is 12.1 Å². The molecular weight excluding hydrogens is 296 g/mol. The fraction of sp³-hybridized carbons (Fsp3) is 0.333. The molecule has 2 aromatic carbocycles. The number of rotatable bonds is 3. The van der Waals surface area contributed by atoms with Crippen LogP contribution < -0.4 is 10.1 Å². The molecule has 0 saturated carbocycles. The highest BCUT2D eigenvalue weighted by Crippen LogP contribution is 2.31. The summed E-state index contributed by atoms with van der Waals surface area (Å²) in [6.45, 7) is 8.06. The molecule has 3 heteroatoms. The van der Waals surface area contributed by atoms with E-state index in [1.54, 1.807) is 0 Å². The molecule has 24 heavy (non-hydrogen) atoms. The summed E-state index contributed by atoms with van der Waals surface area (Å²) in [7, 11) is 0. The van der Waals surface area contributed by atoms with Crippen LogP contribution in [0.3, 0.4) is 0 Å². The van der Waals surface area contributed by atoms with Gasteiger partial charge in [0.25, 0.3) is 0 Å². The van der Waals surface area contributed by atoms with Gasteiger partial charge in [0.05, 0.1) is 6.61 Å². The van der Waals surface area contributed by atoms with Crippen molar-refractivity contribution in [3.63, 3.8) is 0 Å². The number of nitrogens with one attached hydrogen (secondary N) is 1. The summed E-state index contributed by atoms with van der Waals surface area (Å²) in [5.41, 5.74) is 6.60. The van der Waals surface area contributed by atoms with Crippen LogP contribution in [0.5, 0.6) is 5.75 Å². The Labute approximate surface area is 143 Å². The second-order valence-electron chi connectivity index (χ2n) is 6.47. The van der Waals surface area contributed by atoms with E-state index in [-0.39, 0.29) is 0 Å². The molecule has 0 unspecified atom stereocenters. The molecule has 1 N–H and O–H groups in total. The normalized spacial score (nSPS) is 14.4. The number of aryl methyl sites for hydroxylation is 1. The summed E-state index contributed by atoms with van der Waals surface area (Å²) >= 11 is 0. The molecular formula is C21H24N2O. The van der Waals surface area contributed by atoms with Gasteiger partial charge in [0.2, 0.25) is 0 Å². The summed E-state index contributed by atoms with van der Waals surface area (Å²) in [5.74, 6) is 0.947. The van der Waals surface area contributed by atoms with Crippen LogP contribution in [0, 0.1) is 6.92 Å². The molecule has 2 heterocycles. The minimum absolute atomic E-state index is 0.704. The standard InChI is InChI=1S/C21H24N2O/c1-3-24-19-5-6-20(15(2)12-19)16-4-7-21-17(13-16)14-18-8-9-22-10-11-23(18)21/h4-7,12-14,22H,3,8-11H2,1-2H3. The fourth-order valence-corrected chi connectivity index (χ4v) is 3.72. The molecule has 0 atom stereocenters. The maximum atomic E-state index is 5.61. The van der Waals surface area contributed by atoms with Crippen LogP contribution in [0.4, 0.5) is 0 Å². The van der Waals surface area contributed by atoms with Crippen LogP contribution in [0.2, 0.25) is 0 Å². The van der Waals surface area contributed by atoms with E-state index in [9.17, 15) is 0 Å².